The maximum atomic E-state index is 6.39. The lowest BCUT2D eigenvalue weighted by Crippen LogP contribution is -2.35. The summed E-state index contributed by atoms with van der Waals surface area (Å²) in [4.78, 5) is 0. The number of nitrogens with two attached hydrogens (primary N) is 1. The van der Waals surface area contributed by atoms with E-state index in [9.17, 15) is 0 Å². The summed E-state index contributed by atoms with van der Waals surface area (Å²) in [6.07, 6.45) is 6.49. The zero-order chi connectivity index (χ0) is 13.1. The van der Waals surface area contributed by atoms with Gasteiger partial charge in [-0.25, -0.2) is 0 Å². The predicted octanol–water partition coefficient (Wildman–Crippen LogP) is 4.31. The standard InChI is InChI=1S/C17H27N/c1-4-6-14-9-10-17(18)16(11-14)15-8-5-7-12(2)13(15)3/h5,7-8,14,16-17H,4,6,9-11,18H2,1-3H3. The van der Waals surface area contributed by atoms with Crippen LogP contribution >= 0.6 is 0 Å². The third-order valence-corrected chi connectivity index (χ3v) is 4.76. The van der Waals surface area contributed by atoms with Crippen molar-refractivity contribution < 1.29 is 0 Å². The molecular formula is C17H27N. The Morgan fingerprint density at radius 2 is 2.00 bits per heavy atom. The van der Waals surface area contributed by atoms with Crippen molar-refractivity contribution >= 4 is 0 Å². The molecule has 18 heavy (non-hydrogen) atoms. The molecule has 1 aliphatic carbocycles. The van der Waals surface area contributed by atoms with Crippen LogP contribution in [0.3, 0.4) is 0 Å². The van der Waals surface area contributed by atoms with Crippen LogP contribution in [0.25, 0.3) is 0 Å². The van der Waals surface area contributed by atoms with Crippen LogP contribution in [0.15, 0.2) is 18.2 Å². The van der Waals surface area contributed by atoms with Crippen LogP contribution in [0.4, 0.5) is 0 Å². The summed E-state index contributed by atoms with van der Waals surface area (Å²) in [5.74, 6) is 1.47. The van der Waals surface area contributed by atoms with Crippen LogP contribution in [0, 0.1) is 19.8 Å². The van der Waals surface area contributed by atoms with Gasteiger partial charge in [-0.15, -0.1) is 0 Å². The van der Waals surface area contributed by atoms with E-state index in [1.165, 1.54) is 48.8 Å². The van der Waals surface area contributed by atoms with Gasteiger partial charge in [0.2, 0.25) is 0 Å². The molecule has 0 aliphatic heterocycles. The number of benzene rings is 1. The average Bonchev–Trinajstić information content (AvgIpc) is 2.36. The molecule has 1 saturated carbocycles. The monoisotopic (exact) mass is 245 g/mol. The van der Waals surface area contributed by atoms with Crippen molar-refractivity contribution in [2.75, 3.05) is 0 Å². The van der Waals surface area contributed by atoms with Gasteiger partial charge >= 0.3 is 0 Å². The summed E-state index contributed by atoms with van der Waals surface area (Å²) < 4.78 is 0. The third-order valence-electron chi connectivity index (χ3n) is 4.76. The van der Waals surface area contributed by atoms with Gasteiger partial charge in [0.15, 0.2) is 0 Å². The first-order chi connectivity index (χ1) is 8.63. The number of hydrogen-bond acceptors (Lipinski definition) is 1. The van der Waals surface area contributed by atoms with E-state index < -0.39 is 0 Å². The molecule has 3 unspecified atom stereocenters. The number of rotatable bonds is 3. The zero-order valence-electron chi connectivity index (χ0n) is 12.1. The molecule has 1 nitrogen and oxygen atoms in total. The Morgan fingerprint density at radius 1 is 1.22 bits per heavy atom. The van der Waals surface area contributed by atoms with Crippen molar-refractivity contribution in [3.63, 3.8) is 0 Å². The molecule has 3 atom stereocenters. The molecule has 1 aromatic rings. The lowest BCUT2D eigenvalue weighted by Gasteiger charge is -2.35. The van der Waals surface area contributed by atoms with E-state index in [1.54, 1.807) is 0 Å². The number of aryl methyl sites for hydroxylation is 1. The highest BCUT2D eigenvalue weighted by molar-refractivity contribution is 5.36. The highest BCUT2D eigenvalue weighted by Gasteiger charge is 2.29. The summed E-state index contributed by atoms with van der Waals surface area (Å²) in [6.45, 7) is 6.75. The predicted molar refractivity (Wildman–Crippen MR) is 78.9 cm³/mol. The summed E-state index contributed by atoms with van der Waals surface area (Å²) in [7, 11) is 0. The van der Waals surface area contributed by atoms with Gasteiger partial charge in [-0.2, -0.15) is 0 Å². The average molecular weight is 245 g/mol. The highest BCUT2D eigenvalue weighted by atomic mass is 14.7. The first-order valence-electron chi connectivity index (χ1n) is 7.45. The van der Waals surface area contributed by atoms with Crippen LogP contribution < -0.4 is 5.73 Å². The Labute approximate surface area is 112 Å². The van der Waals surface area contributed by atoms with Gasteiger partial charge < -0.3 is 5.73 Å². The summed E-state index contributed by atoms with van der Waals surface area (Å²) in [5.41, 5.74) is 10.7. The van der Waals surface area contributed by atoms with E-state index in [2.05, 4.69) is 39.0 Å². The van der Waals surface area contributed by atoms with E-state index >= 15 is 0 Å². The van der Waals surface area contributed by atoms with Crippen LogP contribution in [0.5, 0.6) is 0 Å². The quantitative estimate of drug-likeness (QED) is 0.843. The fourth-order valence-corrected chi connectivity index (χ4v) is 3.48. The molecule has 100 valence electrons. The fraction of sp³-hybridized carbons (Fsp3) is 0.647. The summed E-state index contributed by atoms with van der Waals surface area (Å²) >= 11 is 0. The molecule has 1 heteroatoms. The van der Waals surface area contributed by atoms with Gasteiger partial charge in [-0.1, -0.05) is 38.0 Å². The molecule has 0 saturated heterocycles. The van der Waals surface area contributed by atoms with Gasteiger partial charge in [0, 0.05) is 6.04 Å². The summed E-state index contributed by atoms with van der Waals surface area (Å²) in [5, 5.41) is 0. The fourth-order valence-electron chi connectivity index (χ4n) is 3.48. The molecule has 0 spiro atoms. The molecule has 0 bridgehead atoms. The van der Waals surface area contributed by atoms with Crippen LogP contribution in [0.1, 0.15) is 61.6 Å². The minimum absolute atomic E-state index is 0.360. The van der Waals surface area contributed by atoms with Gasteiger partial charge in [-0.05, 0) is 61.6 Å². The zero-order valence-corrected chi connectivity index (χ0v) is 12.1. The molecule has 0 radical (unpaired) electrons. The Bertz CT molecular complexity index is 397. The minimum Gasteiger partial charge on any atom is -0.327 e. The molecule has 2 N–H and O–H groups in total. The lowest BCUT2D eigenvalue weighted by atomic mass is 9.72. The second-order valence-corrected chi connectivity index (χ2v) is 6.03. The van der Waals surface area contributed by atoms with Crippen molar-refractivity contribution in [3.8, 4) is 0 Å². The highest BCUT2D eigenvalue weighted by Crippen LogP contribution is 2.39. The molecule has 0 amide bonds. The Balaban J connectivity index is 2.21. The van der Waals surface area contributed by atoms with Gasteiger partial charge in [0.05, 0.1) is 0 Å². The molecular weight excluding hydrogens is 218 g/mol. The summed E-state index contributed by atoms with van der Waals surface area (Å²) in [6, 6.07) is 7.05. The van der Waals surface area contributed by atoms with Crippen LogP contribution in [-0.2, 0) is 0 Å². The first kappa shape index (κ1) is 13.6. The third kappa shape index (κ3) is 2.77. The van der Waals surface area contributed by atoms with E-state index in [-0.39, 0.29) is 0 Å². The first-order valence-corrected chi connectivity index (χ1v) is 7.45. The Hall–Kier alpha value is -0.820. The lowest BCUT2D eigenvalue weighted by molar-refractivity contribution is 0.274. The molecule has 0 aromatic heterocycles. The smallest absolute Gasteiger partial charge is 0.0108 e. The van der Waals surface area contributed by atoms with Gasteiger partial charge in [0.1, 0.15) is 0 Å². The molecule has 0 heterocycles. The Morgan fingerprint density at radius 3 is 2.72 bits per heavy atom. The van der Waals surface area contributed by atoms with Crippen molar-refractivity contribution in [1.29, 1.82) is 0 Å². The van der Waals surface area contributed by atoms with Crippen molar-refractivity contribution in [2.45, 2.75) is 64.8 Å². The maximum Gasteiger partial charge on any atom is 0.0108 e. The Kier molecular flexibility index (Phi) is 4.45. The molecule has 1 aromatic carbocycles. The van der Waals surface area contributed by atoms with Crippen LogP contribution in [-0.4, -0.2) is 6.04 Å². The maximum absolute atomic E-state index is 6.39. The topological polar surface area (TPSA) is 26.0 Å². The van der Waals surface area contributed by atoms with Crippen LogP contribution in [0.2, 0.25) is 0 Å². The second-order valence-electron chi connectivity index (χ2n) is 6.03. The van der Waals surface area contributed by atoms with Crippen molar-refractivity contribution in [3.05, 3.63) is 34.9 Å². The van der Waals surface area contributed by atoms with Gasteiger partial charge in [-0.3, -0.25) is 0 Å². The minimum atomic E-state index is 0.360. The molecule has 2 rings (SSSR count). The number of hydrogen-bond donors (Lipinski definition) is 1. The second kappa shape index (κ2) is 5.88. The molecule has 1 fully saturated rings. The van der Waals surface area contributed by atoms with E-state index in [4.69, 9.17) is 5.73 Å². The van der Waals surface area contributed by atoms with E-state index in [1.807, 2.05) is 0 Å². The van der Waals surface area contributed by atoms with E-state index in [0.717, 1.165) is 5.92 Å². The van der Waals surface area contributed by atoms with Crippen molar-refractivity contribution in [2.24, 2.45) is 11.7 Å². The SMILES string of the molecule is CCCC1CCC(N)C(c2cccc(C)c2C)C1. The van der Waals surface area contributed by atoms with Gasteiger partial charge in [0.25, 0.3) is 0 Å². The molecule has 1 aliphatic rings. The largest absolute Gasteiger partial charge is 0.327 e. The normalized spacial score (nSPS) is 28.3. The van der Waals surface area contributed by atoms with E-state index in [0.29, 0.717) is 12.0 Å². The van der Waals surface area contributed by atoms with Crippen molar-refractivity contribution in [1.82, 2.24) is 0 Å².